The van der Waals surface area contributed by atoms with Crippen molar-refractivity contribution in [3.05, 3.63) is 11.6 Å². The molecule has 1 saturated heterocycles. The van der Waals surface area contributed by atoms with Gasteiger partial charge in [0.15, 0.2) is 0 Å². The van der Waals surface area contributed by atoms with E-state index in [-0.39, 0.29) is 0 Å². The van der Waals surface area contributed by atoms with Gasteiger partial charge in [-0.15, -0.1) is 0 Å². The van der Waals surface area contributed by atoms with Crippen LogP contribution in [0.1, 0.15) is 5.56 Å². The molecular formula is C9H16N4. The van der Waals surface area contributed by atoms with Gasteiger partial charge in [0.05, 0.1) is 0 Å². The van der Waals surface area contributed by atoms with Crippen LogP contribution in [0.15, 0.2) is 6.07 Å². The van der Waals surface area contributed by atoms with Gasteiger partial charge in [-0.25, -0.2) is 0 Å². The number of nitrogens with zero attached hydrogens (tertiary/aromatic N) is 1. The summed E-state index contributed by atoms with van der Waals surface area (Å²) in [4.78, 5) is 5.53. The Morgan fingerprint density at radius 3 is 2.62 bits per heavy atom. The molecule has 1 aliphatic heterocycles. The van der Waals surface area contributed by atoms with Crippen molar-refractivity contribution < 1.29 is 0 Å². The predicted molar refractivity (Wildman–Crippen MR) is 55.0 cm³/mol. The Hall–Kier alpha value is -1.16. The van der Waals surface area contributed by atoms with Crippen LogP contribution in [0, 0.1) is 6.92 Å². The summed E-state index contributed by atoms with van der Waals surface area (Å²) in [6, 6.07) is 1.98. The van der Waals surface area contributed by atoms with E-state index in [1.165, 1.54) is 11.4 Å². The first-order valence-electron chi connectivity index (χ1n) is 4.68. The highest BCUT2D eigenvalue weighted by Crippen LogP contribution is 2.21. The van der Waals surface area contributed by atoms with Gasteiger partial charge in [-0.3, -0.25) is 0 Å². The van der Waals surface area contributed by atoms with E-state index in [0.29, 0.717) is 0 Å². The lowest BCUT2D eigenvalue weighted by molar-refractivity contribution is 0.585. The van der Waals surface area contributed by atoms with Crippen LogP contribution >= 0.6 is 0 Å². The number of hydrogen-bond acceptors (Lipinski definition) is 3. The molecule has 4 heteroatoms. The minimum absolute atomic E-state index is 0.756. The zero-order valence-electron chi connectivity index (χ0n) is 7.93. The van der Waals surface area contributed by atoms with Crippen molar-refractivity contribution in [1.29, 1.82) is 0 Å². The number of nitrogen functional groups attached to an aromatic ring is 1. The number of nitrogens with one attached hydrogen (secondary N) is 2. The molecule has 0 bridgehead atoms. The number of nitrogens with two attached hydrogens (primary N) is 1. The number of hydrogen-bond donors (Lipinski definition) is 3. The Bertz CT molecular complexity index is 286. The molecule has 13 heavy (non-hydrogen) atoms. The SMILES string of the molecule is Cc1cc(N)[nH]c1N1CCNCC1. The lowest BCUT2D eigenvalue weighted by atomic mass is 10.3. The third kappa shape index (κ3) is 1.62. The van der Waals surface area contributed by atoms with Gasteiger partial charge in [-0.05, 0) is 18.6 Å². The van der Waals surface area contributed by atoms with Gasteiger partial charge in [-0.2, -0.15) is 0 Å². The first-order chi connectivity index (χ1) is 6.27. The molecule has 0 amide bonds. The Morgan fingerprint density at radius 1 is 1.38 bits per heavy atom. The number of aromatic nitrogens is 1. The van der Waals surface area contributed by atoms with E-state index in [1.54, 1.807) is 0 Å². The number of piperazine rings is 1. The highest BCUT2D eigenvalue weighted by Gasteiger charge is 2.13. The molecule has 1 aromatic rings. The summed E-state index contributed by atoms with van der Waals surface area (Å²) in [6.07, 6.45) is 0. The minimum atomic E-state index is 0.756. The Labute approximate surface area is 78.1 Å². The summed E-state index contributed by atoms with van der Waals surface area (Å²) >= 11 is 0. The standard InChI is InChI=1S/C9H16N4/c1-7-6-8(10)12-9(7)13-4-2-11-3-5-13/h6,11-12H,2-5,10H2,1H3. The van der Waals surface area contributed by atoms with Crippen LogP contribution in [0.5, 0.6) is 0 Å². The molecule has 0 saturated carbocycles. The van der Waals surface area contributed by atoms with E-state index < -0.39 is 0 Å². The van der Waals surface area contributed by atoms with Crippen LogP contribution < -0.4 is 16.0 Å². The van der Waals surface area contributed by atoms with Crippen molar-refractivity contribution in [3.8, 4) is 0 Å². The third-order valence-electron chi connectivity index (χ3n) is 2.44. The summed E-state index contributed by atoms with van der Waals surface area (Å²) < 4.78 is 0. The van der Waals surface area contributed by atoms with Crippen LogP contribution in [0.25, 0.3) is 0 Å². The van der Waals surface area contributed by atoms with Gasteiger partial charge in [0.1, 0.15) is 11.6 Å². The molecule has 0 unspecified atom stereocenters. The fourth-order valence-electron chi connectivity index (χ4n) is 1.79. The van der Waals surface area contributed by atoms with Gasteiger partial charge >= 0.3 is 0 Å². The second-order valence-electron chi connectivity index (χ2n) is 3.49. The molecule has 0 spiro atoms. The smallest absolute Gasteiger partial charge is 0.110 e. The maximum absolute atomic E-state index is 5.69. The largest absolute Gasteiger partial charge is 0.385 e. The summed E-state index contributed by atoms with van der Waals surface area (Å²) in [5.41, 5.74) is 6.92. The molecule has 0 aromatic carbocycles. The fourth-order valence-corrected chi connectivity index (χ4v) is 1.79. The van der Waals surface area contributed by atoms with Gasteiger partial charge in [-0.1, -0.05) is 0 Å². The van der Waals surface area contributed by atoms with Crippen LogP contribution in [-0.2, 0) is 0 Å². The van der Waals surface area contributed by atoms with Crippen molar-refractivity contribution >= 4 is 11.6 Å². The van der Waals surface area contributed by atoms with E-state index in [1.807, 2.05) is 6.07 Å². The zero-order chi connectivity index (χ0) is 9.26. The summed E-state index contributed by atoms with van der Waals surface area (Å²) in [5.74, 6) is 1.94. The second-order valence-corrected chi connectivity index (χ2v) is 3.49. The molecule has 4 nitrogen and oxygen atoms in total. The second kappa shape index (κ2) is 3.30. The topological polar surface area (TPSA) is 57.1 Å². The number of aryl methyl sites for hydroxylation is 1. The van der Waals surface area contributed by atoms with E-state index in [2.05, 4.69) is 22.1 Å². The molecule has 2 rings (SSSR count). The molecule has 0 aliphatic carbocycles. The Kier molecular flexibility index (Phi) is 2.14. The molecular weight excluding hydrogens is 164 g/mol. The molecule has 0 atom stereocenters. The van der Waals surface area contributed by atoms with Gasteiger partial charge in [0.2, 0.25) is 0 Å². The van der Waals surface area contributed by atoms with Gasteiger partial charge < -0.3 is 20.9 Å². The van der Waals surface area contributed by atoms with Crippen LogP contribution in [0.3, 0.4) is 0 Å². The third-order valence-corrected chi connectivity index (χ3v) is 2.44. The molecule has 4 N–H and O–H groups in total. The Morgan fingerprint density at radius 2 is 2.08 bits per heavy atom. The van der Waals surface area contributed by atoms with Crippen molar-refractivity contribution in [2.24, 2.45) is 0 Å². The van der Waals surface area contributed by atoms with Gasteiger partial charge in [0, 0.05) is 26.2 Å². The normalized spacial score (nSPS) is 17.8. The molecule has 2 heterocycles. The summed E-state index contributed by atoms with van der Waals surface area (Å²) in [5, 5.41) is 3.32. The predicted octanol–water partition coefficient (Wildman–Crippen LogP) is 0.315. The highest BCUT2D eigenvalue weighted by molar-refractivity contribution is 5.55. The van der Waals surface area contributed by atoms with E-state index in [9.17, 15) is 0 Å². The van der Waals surface area contributed by atoms with Crippen molar-refractivity contribution in [2.45, 2.75) is 6.92 Å². The quantitative estimate of drug-likeness (QED) is 0.583. The van der Waals surface area contributed by atoms with Crippen LogP contribution in [0.2, 0.25) is 0 Å². The van der Waals surface area contributed by atoms with E-state index >= 15 is 0 Å². The lowest BCUT2D eigenvalue weighted by Gasteiger charge is -2.28. The van der Waals surface area contributed by atoms with Crippen molar-refractivity contribution in [3.63, 3.8) is 0 Å². The highest BCUT2D eigenvalue weighted by atomic mass is 15.2. The number of aromatic amines is 1. The lowest BCUT2D eigenvalue weighted by Crippen LogP contribution is -2.43. The fraction of sp³-hybridized carbons (Fsp3) is 0.556. The minimum Gasteiger partial charge on any atom is -0.385 e. The molecule has 1 aliphatic rings. The Balaban J connectivity index is 2.18. The molecule has 72 valence electrons. The van der Waals surface area contributed by atoms with Crippen molar-refractivity contribution in [2.75, 3.05) is 36.8 Å². The zero-order valence-corrected chi connectivity index (χ0v) is 7.93. The van der Waals surface area contributed by atoms with E-state index in [0.717, 1.165) is 32.0 Å². The van der Waals surface area contributed by atoms with E-state index in [4.69, 9.17) is 5.73 Å². The van der Waals surface area contributed by atoms with Crippen LogP contribution in [0.4, 0.5) is 11.6 Å². The molecule has 1 fully saturated rings. The molecule has 1 aromatic heterocycles. The first-order valence-corrected chi connectivity index (χ1v) is 4.68. The monoisotopic (exact) mass is 180 g/mol. The number of rotatable bonds is 1. The maximum atomic E-state index is 5.69. The molecule has 0 radical (unpaired) electrons. The number of H-pyrrole nitrogens is 1. The van der Waals surface area contributed by atoms with Crippen molar-refractivity contribution in [1.82, 2.24) is 10.3 Å². The average molecular weight is 180 g/mol. The summed E-state index contributed by atoms with van der Waals surface area (Å²) in [7, 11) is 0. The maximum Gasteiger partial charge on any atom is 0.110 e. The first kappa shape index (κ1) is 8.44. The number of anilines is 2. The average Bonchev–Trinajstić information content (AvgIpc) is 2.47. The van der Waals surface area contributed by atoms with Gasteiger partial charge in [0.25, 0.3) is 0 Å². The van der Waals surface area contributed by atoms with Crippen LogP contribution in [-0.4, -0.2) is 31.2 Å². The summed E-state index contributed by atoms with van der Waals surface area (Å²) in [6.45, 7) is 6.31.